The third-order valence-electron chi connectivity index (χ3n) is 3.49. The Morgan fingerprint density at radius 2 is 1.91 bits per heavy atom. The van der Waals surface area contributed by atoms with Crippen LogP contribution in [-0.2, 0) is 6.42 Å². The molecule has 0 aliphatic heterocycles. The number of carbonyl (C=O) groups excluding carboxylic acids is 1. The Balaban J connectivity index is 1.56. The molecule has 0 saturated heterocycles. The van der Waals surface area contributed by atoms with Crippen molar-refractivity contribution in [3.63, 3.8) is 0 Å². The topological polar surface area (TPSA) is 56.9 Å². The average molecular weight is 348 g/mol. The van der Waals surface area contributed by atoms with E-state index in [1.165, 1.54) is 0 Å². The highest BCUT2D eigenvalue weighted by Gasteiger charge is 2.06. The van der Waals surface area contributed by atoms with Crippen molar-refractivity contribution < 1.29 is 4.79 Å². The first-order valence-corrected chi connectivity index (χ1v) is 7.93. The van der Waals surface area contributed by atoms with Crippen LogP contribution in [0.15, 0.2) is 48.7 Å². The maximum absolute atomic E-state index is 11.9. The van der Waals surface area contributed by atoms with Crippen molar-refractivity contribution in [3.05, 3.63) is 64.3 Å². The van der Waals surface area contributed by atoms with Gasteiger partial charge in [-0.15, -0.1) is 0 Å². The van der Waals surface area contributed by atoms with Crippen molar-refractivity contribution in [3.8, 4) is 0 Å². The highest BCUT2D eigenvalue weighted by atomic mass is 35.5. The summed E-state index contributed by atoms with van der Waals surface area (Å²) in [6.07, 6.45) is 2.65. The zero-order valence-electron chi connectivity index (χ0n) is 12.2. The van der Waals surface area contributed by atoms with Gasteiger partial charge in [-0.2, -0.15) is 0 Å². The summed E-state index contributed by atoms with van der Waals surface area (Å²) >= 11 is 11.9. The lowest BCUT2D eigenvalue weighted by Gasteiger charge is -2.07. The smallest absolute Gasteiger partial charge is 0.319 e. The van der Waals surface area contributed by atoms with Gasteiger partial charge in [-0.3, -0.25) is 0 Å². The van der Waals surface area contributed by atoms with Crippen molar-refractivity contribution in [2.24, 2.45) is 0 Å². The van der Waals surface area contributed by atoms with Crippen molar-refractivity contribution in [1.29, 1.82) is 0 Å². The number of benzene rings is 2. The van der Waals surface area contributed by atoms with E-state index in [0.717, 1.165) is 16.5 Å². The Bertz CT molecular complexity index is 845. The number of aromatic nitrogens is 1. The maximum atomic E-state index is 11.9. The predicted octanol–water partition coefficient (Wildman–Crippen LogP) is 4.84. The van der Waals surface area contributed by atoms with Gasteiger partial charge in [-0.25, -0.2) is 4.79 Å². The molecule has 0 spiro atoms. The second-order valence-corrected chi connectivity index (χ2v) is 6.02. The van der Waals surface area contributed by atoms with E-state index < -0.39 is 0 Å². The lowest BCUT2D eigenvalue weighted by molar-refractivity contribution is 0.252. The number of H-pyrrole nitrogens is 1. The van der Waals surface area contributed by atoms with E-state index in [-0.39, 0.29) is 6.03 Å². The second kappa shape index (κ2) is 6.94. The highest BCUT2D eigenvalue weighted by Crippen LogP contribution is 2.22. The molecule has 2 aromatic carbocycles. The molecule has 23 heavy (non-hydrogen) atoms. The summed E-state index contributed by atoms with van der Waals surface area (Å²) in [5.41, 5.74) is 2.81. The molecule has 3 aromatic rings. The van der Waals surface area contributed by atoms with Gasteiger partial charge in [-0.05, 0) is 48.4 Å². The zero-order chi connectivity index (χ0) is 16.2. The molecule has 2 amide bonds. The van der Waals surface area contributed by atoms with E-state index in [2.05, 4.69) is 15.6 Å². The Kier molecular flexibility index (Phi) is 4.74. The van der Waals surface area contributed by atoms with Crippen LogP contribution in [0.5, 0.6) is 0 Å². The van der Waals surface area contributed by atoms with Gasteiger partial charge in [0.15, 0.2) is 0 Å². The molecule has 118 valence electrons. The highest BCUT2D eigenvalue weighted by molar-refractivity contribution is 6.31. The largest absolute Gasteiger partial charge is 0.361 e. The van der Waals surface area contributed by atoms with Gasteiger partial charge < -0.3 is 15.6 Å². The van der Waals surface area contributed by atoms with Gasteiger partial charge in [0.05, 0.1) is 0 Å². The maximum Gasteiger partial charge on any atom is 0.319 e. The summed E-state index contributed by atoms with van der Waals surface area (Å²) in [6.45, 7) is 0.520. The number of nitrogens with one attached hydrogen (secondary N) is 3. The minimum atomic E-state index is -0.259. The third kappa shape index (κ3) is 3.97. The van der Waals surface area contributed by atoms with Crippen molar-refractivity contribution in [2.75, 3.05) is 11.9 Å². The molecule has 0 aliphatic carbocycles. The quantitative estimate of drug-likeness (QED) is 0.621. The number of urea groups is 1. The molecule has 1 aromatic heterocycles. The number of fused-ring (bicyclic) bond motifs is 1. The van der Waals surface area contributed by atoms with Gasteiger partial charge >= 0.3 is 6.03 Å². The van der Waals surface area contributed by atoms with Crippen LogP contribution >= 0.6 is 23.2 Å². The number of amides is 2. The number of halogens is 2. The van der Waals surface area contributed by atoms with Gasteiger partial charge in [0.25, 0.3) is 0 Å². The van der Waals surface area contributed by atoms with Gasteiger partial charge in [-0.1, -0.05) is 29.3 Å². The fraction of sp³-hybridized carbons (Fsp3) is 0.118. The molecule has 0 radical (unpaired) electrons. The summed E-state index contributed by atoms with van der Waals surface area (Å²) in [4.78, 5) is 15.1. The Labute approximate surface area is 143 Å². The van der Waals surface area contributed by atoms with Crippen LogP contribution in [0.1, 0.15) is 5.56 Å². The van der Waals surface area contributed by atoms with Crippen LogP contribution in [0.2, 0.25) is 10.0 Å². The van der Waals surface area contributed by atoms with Crippen LogP contribution in [-0.4, -0.2) is 17.6 Å². The van der Waals surface area contributed by atoms with Crippen LogP contribution in [0.4, 0.5) is 10.5 Å². The molecule has 6 heteroatoms. The van der Waals surface area contributed by atoms with E-state index in [1.54, 1.807) is 24.3 Å². The minimum absolute atomic E-state index is 0.259. The average Bonchev–Trinajstić information content (AvgIpc) is 2.90. The Hall–Kier alpha value is -2.17. The van der Waals surface area contributed by atoms with E-state index in [4.69, 9.17) is 23.2 Å². The van der Waals surface area contributed by atoms with E-state index in [0.29, 0.717) is 28.7 Å². The Morgan fingerprint density at radius 1 is 1.09 bits per heavy atom. The molecular formula is C17H15Cl2N3O. The monoisotopic (exact) mass is 347 g/mol. The third-order valence-corrected chi connectivity index (χ3v) is 3.96. The van der Waals surface area contributed by atoms with Crippen LogP contribution in [0.3, 0.4) is 0 Å². The summed E-state index contributed by atoms with van der Waals surface area (Å²) in [7, 11) is 0. The van der Waals surface area contributed by atoms with E-state index in [1.807, 2.05) is 24.4 Å². The molecule has 3 rings (SSSR count). The standard InChI is InChI=1S/C17H15Cl2N3O/c18-12-2-1-3-14(8-12)22-17(23)20-7-6-11-10-21-16-5-4-13(19)9-15(11)16/h1-5,8-10,21H,6-7H2,(H2,20,22,23). The summed E-state index contributed by atoms with van der Waals surface area (Å²) in [5.74, 6) is 0. The van der Waals surface area contributed by atoms with Gasteiger partial charge in [0.2, 0.25) is 0 Å². The predicted molar refractivity (Wildman–Crippen MR) is 95.5 cm³/mol. The van der Waals surface area contributed by atoms with Crippen molar-refractivity contribution in [2.45, 2.75) is 6.42 Å². The van der Waals surface area contributed by atoms with Crippen LogP contribution in [0, 0.1) is 0 Å². The van der Waals surface area contributed by atoms with E-state index in [9.17, 15) is 4.79 Å². The first kappa shape index (κ1) is 15.7. The molecule has 0 atom stereocenters. The molecule has 0 aliphatic rings. The van der Waals surface area contributed by atoms with Crippen molar-refractivity contribution in [1.82, 2.24) is 10.3 Å². The fourth-order valence-electron chi connectivity index (χ4n) is 2.41. The molecule has 0 bridgehead atoms. The zero-order valence-corrected chi connectivity index (χ0v) is 13.7. The number of carbonyl (C=O) groups is 1. The lowest BCUT2D eigenvalue weighted by atomic mass is 10.1. The summed E-state index contributed by atoms with van der Waals surface area (Å²) in [5, 5.41) is 7.93. The van der Waals surface area contributed by atoms with E-state index >= 15 is 0 Å². The Morgan fingerprint density at radius 3 is 2.74 bits per heavy atom. The fourth-order valence-corrected chi connectivity index (χ4v) is 2.77. The summed E-state index contributed by atoms with van der Waals surface area (Å²) in [6, 6.07) is 12.5. The first-order chi connectivity index (χ1) is 11.1. The summed E-state index contributed by atoms with van der Waals surface area (Å²) < 4.78 is 0. The van der Waals surface area contributed by atoms with Gasteiger partial charge in [0, 0.05) is 39.4 Å². The number of aromatic amines is 1. The molecule has 0 saturated carbocycles. The van der Waals surface area contributed by atoms with Crippen LogP contribution < -0.4 is 10.6 Å². The number of hydrogen-bond acceptors (Lipinski definition) is 1. The molecule has 3 N–H and O–H groups in total. The molecule has 0 unspecified atom stereocenters. The molecule has 0 fully saturated rings. The lowest BCUT2D eigenvalue weighted by Crippen LogP contribution is -2.30. The van der Waals surface area contributed by atoms with Crippen molar-refractivity contribution >= 4 is 45.8 Å². The SMILES string of the molecule is O=C(NCCc1c[nH]c2ccc(Cl)cc12)Nc1cccc(Cl)c1. The number of anilines is 1. The first-order valence-electron chi connectivity index (χ1n) is 7.18. The van der Waals surface area contributed by atoms with Crippen LogP contribution in [0.25, 0.3) is 10.9 Å². The normalized spacial score (nSPS) is 10.7. The minimum Gasteiger partial charge on any atom is -0.361 e. The molecule has 1 heterocycles. The number of rotatable bonds is 4. The number of hydrogen-bond donors (Lipinski definition) is 3. The second-order valence-electron chi connectivity index (χ2n) is 5.15. The molecule has 4 nitrogen and oxygen atoms in total. The van der Waals surface area contributed by atoms with Gasteiger partial charge in [0.1, 0.15) is 0 Å². The molecular weight excluding hydrogens is 333 g/mol.